The summed E-state index contributed by atoms with van der Waals surface area (Å²) >= 11 is 0. The molecule has 2 aromatic carbocycles. The summed E-state index contributed by atoms with van der Waals surface area (Å²) < 4.78 is 14.7. The second-order valence-electron chi connectivity index (χ2n) is 6.54. The molecule has 0 aliphatic carbocycles. The van der Waals surface area contributed by atoms with E-state index in [1.54, 1.807) is 25.1 Å². The Morgan fingerprint density at radius 2 is 1.78 bits per heavy atom. The van der Waals surface area contributed by atoms with Gasteiger partial charge in [0.15, 0.2) is 0 Å². The van der Waals surface area contributed by atoms with E-state index in [1.165, 1.54) is 12.1 Å². The summed E-state index contributed by atoms with van der Waals surface area (Å²) in [5, 5.41) is 6.91. The average molecular weight is 365 g/mol. The number of benzene rings is 2. The van der Waals surface area contributed by atoms with Crippen LogP contribution in [0.25, 0.3) is 11.3 Å². The van der Waals surface area contributed by atoms with Crippen LogP contribution in [0.5, 0.6) is 0 Å². The van der Waals surface area contributed by atoms with Gasteiger partial charge in [0.1, 0.15) is 12.4 Å². The Hall–Kier alpha value is -3.28. The molecule has 138 valence electrons. The van der Waals surface area contributed by atoms with Gasteiger partial charge in [0.05, 0.1) is 5.69 Å². The van der Waals surface area contributed by atoms with Crippen LogP contribution in [0.15, 0.2) is 53.3 Å². The molecular formula is C21H20FN3O2. The minimum atomic E-state index is -0.453. The van der Waals surface area contributed by atoms with Gasteiger partial charge in [0.2, 0.25) is 5.91 Å². The van der Waals surface area contributed by atoms with Crippen LogP contribution < -0.4 is 10.9 Å². The smallest absolute Gasteiger partial charge is 0.267 e. The number of nitrogens with one attached hydrogen (secondary N) is 1. The number of aromatic nitrogens is 2. The van der Waals surface area contributed by atoms with Crippen LogP contribution in [0.1, 0.15) is 16.7 Å². The third kappa shape index (κ3) is 4.28. The summed E-state index contributed by atoms with van der Waals surface area (Å²) in [6.07, 6.45) is 0. The Morgan fingerprint density at radius 3 is 2.52 bits per heavy atom. The maximum absolute atomic E-state index is 13.6. The molecule has 3 aromatic rings. The number of carbonyl (C=O) groups excluding carboxylic acids is 1. The number of halogens is 1. The second kappa shape index (κ2) is 7.53. The van der Waals surface area contributed by atoms with Crippen LogP contribution >= 0.6 is 0 Å². The van der Waals surface area contributed by atoms with E-state index in [4.69, 9.17) is 0 Å². The standard InChI is InChI=1S/C21H20FN3O2/c1-13-4-5-14(2)17(10-13)19-8-9-21(27)25(24-19)12-20(26)23-16-7-6-15(3)18(22)11-16/h4-11H,12H2,1-3H3,(H,23,26). The van der Waals surface area contributed by atoms with Crippen LogP contribution in [-0.2, 0) is 11.3 Å². The monoisotopic (exact) mass is 365 g/mol. The molecule has 0 radical (unpaired) electrons. The molecule has 0 fully saturated rings. The van der Waals surface area contributed by atoms with E-state index in [9.17, 15) is 14.0 Å². The van der Waals surface area contributed by atoms with E-state index in [0.29, 0.717) is 16.9 Å². The number of carbonyl (C=O) groups is 1. The lowest BCUT2D eigenvalue weighted by Crippen LogP contribution is -2.29. The van der Waals surface area contributed by atoms with Crippen molar-refractivity contribution < 1.29 is 9.18 Å². The first kappa shape index (κ1) is 18.5. The molecule has 0 aliphatic rings. The highest BCUT2D eigenvalue weighted by atomic mass is 19.1. The zero-order chi connectivity index (χ0) is 19.6. The second-order valence-corrected chi connectivity index (χ2v) is 6.54. The first-order valence-corrected chi connectivity index (χ1v) is 8.55. The minimum Gasteiger partial charge on any atom is -0.324 e. The van der Waals surface area contributed by atoms with Crippen LogP contribution in [0.4, 0.5) is 10.1 Å². The molecular weight excluding hydrogens is 345 g/mol. The highest BCUT2D eigenvalue weighted by Gasteiger charge is 2.11. The maximum Gasteiger partial charge on any atom is 0.267 e. The summed E-state index contributed by atoms with van der Waals surface area (Å²) in [5.41, 5.74) is 4.07. The van der Waals surface area contributed by atoms with E-state index in [0.717, 1.165) is 21.4 Å². The minimum absolute atomic E-state index is 0.257. The lowest BCUT2D eigenvalue weighted by atomic mass is 10.0. The third-order valence-electron chi connectivity index (χ3n) is 4.28. The summed E-state index contributed by atoms with van der Waals surface area (Å²) in [7, 11) is 0. The molecule has 6 heteroatoms. The van der Waals surface area contributed by atoms with Crippen LogP contribution in [-0.4, -0.2) is 15.7 Å². The zero-order valence-electron chi connectivity index (χ0n) is 15.4. The Kier molecular flexibility index (Phi) is 5.16. The number of nitrogens with zero attached hydrogens (tertiary/aromatic N) is 2. The number of rotatable bonds is 4. The fourth-order valence-electron chi connectivity index (χ4n) is 2.72. The maximum atomic E-state index is 13.6. The Bertz CT molecular complexity index is 1070. The van der Waals surface area contributed by atoms with Crippen LogP contribution in [0, 0.1) is 26.6 Å². The van der Waals surface area contributed by atoms with E-state index in [2.05, 4.69) is 10.4 Å². The fraction of sp³-hybridized carbons (Fsp3) is 0.190. The summed E-state index contributed by atoms with van der Waals surface area (Å²) in [4.78, 5) is 24.4. The van der Waals surface area contributed by atoms with Gasteiger partial charge in [-0.3, -0.25) is 9.59 Å². The summed E-state index contributed by atoms with van der Waals surface area (Å²) in [5.74, 6) is -0.856. The van der Waals surface area contributed by atoms with Crippen molar-refractivity contribution in [3.05, 3.63) is 81.4 Å². The van der Waals surface area contributed by atoms with Crippen molar-refractivity contribution in [2.45, 2.75) is 27.3 Å². The Labute approximate surface area is 156 Å². The predicted molar refractivity (Wildman–Crippen MR) is 103 cm³/mol. The highest BCUT2D eigenvalue weighted by molar-refractivity contribution is 5.90. The molecule has 0 saturated heterocycles. The molecule has 1 amide bonds. The number of amides is 1. The number of anilines is 1. The molecule has 27 heavy (non-hydrogen) atoms. The van der Waals surface area contributed by atoms with Crippen LogP contribution in [0.2, 0.25) is 0 Å². The van der Waals surface area contributed by atoms with Gasteiger partial charge in [0, 0.05) is 17.3 Å². The number of aryl methyl sites for hydroxylation is 3. The predicted octanol–water partition coefficient (Wildman–Crippen LogP) is 3.61. The van der Waals surface area contributed by atoms with Crippen molar-refractivity contribution in [3.8, 4) is 11.3 Å². The van der Waals surface area contributed by atoms with E-state index in [-0.39, 0.29) is 12.1 Å². The number of hydrogen-bond acceptors (Lipinski definition) is 3. The SMILES string of the molecule is Cc1ccc(C)c(-c2ccc(=O)n(CC(=O)Nc3ccc(C)c(F)c3)n2)c1. The molecule has 1 aromatic heterocycles. The van der Waals surface area contributed by atoms with Crippen molar-refractivity contribution in [1.82, 2.24) is 9.78 Å². The van der Waals surface area contributed by atoms with Crippen molar-refractivity contribution in [3.63, 3.8) is 0 Å². The largest absolute Gasteiger partial charge is 0.324 e. The first-order chi connectivity index (χ1) is 12.8. The molecule has 0 unspecified atom stereocenters. The fourth-order valence-corrected chi connectivity index (χ4v) is 2.72. The quantitative estimate of drug-likeness (QED) is 0.768. The first-order valence-electron chi connectivity index (χ1n) is 8.55. The normalized spacial score (nSPS) is 10.7. The summed E-state index contributed by atoms with van der Waals surface area (Å²) in [6.45, 7) is 5.33. The molecule has 0 aliphatic heterocycles. The van der Waals surface area contributed by atoms with Crippen molar-refractivity contribution >= 4 is 11.6 Å². The zero-order valence-corrected chi connectivity index (χ0v) is 15.4. The molecule has 0 atom stereocenters. The van der Waals surface area contributed by atoms with E-state index >= 15 is 0 Å². The summed E-state index contributed by atoms with van der Waals surface area (Å²) in [6, 6.07) is 13.5. The Morgan fingerprint density at radius 1 is 1.04 bits per heavy atom. The van der Waals surface area contributed by atoms with Gasteiger partial charge >= 0.3 is 0 Å². The van der Waals surface area contributed by atoms with Crippen molar-refractivity contribution in [2.75, 3.05) is 5.32 Å². The molecule has 5 nitrogen and oxygen atoms in total. The Balaban J connectivity index is 1.84. The topological polar surface area (TPSA) is 64.0 Å². The molecule has 1 N–H and O–H groups in total. The van der Waals surface area contributed by atoms with Gasteiger partial charge < -0.3 is 5.32 Å². The molecule has 0 bridgehead atoms. The lowest BCUT2D eigenvalue weighted by Gasteiger charge is -2.10. The van der Waals surface area contributed by atoms with Crippen LogP contribution in [0.3, 0.4) is 0 Å². The highest BCUT2D eigenvalue weighted by Crippen LogP contribution is 2.21. The van der Waals surface area contributed by atoms with Gasteiger partial charge in [-0.1, -0.05) is 23.8 Å². The van der Waals surface area contributed by atoms with Gasteiger partial charge in [-0.25, -0.2) is 9.07 Å². The molecule has 3 rings (SSSR count). The van der Waals surface area contributed by atoms with E-state index in [1.807, 2.05) is 32.0 Å². The van der Waals surface area contributed by atoms with Crippen molar-refractivity contribution in [2.24, 2.45) is 0 Å². The van der Waals surface area contributed by atoms with Gasteiger partial charge in [0.25, 0.3) is 5.56 Å². The van der Waals surface area contributed by atoms with Gasteiger partial charge in [-0.2, -0.15) is 5.10 Å². The van der Waals surface area contributed by atoms with Crippen molar-refractivity contribution in [1.29, 1.82) is 0 Å². The lowest BCUT2D eigenvalue weighted by molar-refractivity contribution is -0.117. The molecule has 0 saturated carbocycles. The molecule has 1 heterocycles. The van der Waals surface area contributed by atoms with Gasteiger partial charge in [-0.05, 0) is 56.2 Å². The van der Waals surface area contributed by atoms with Gasteiger partial charge in [-0.15, -0.1) is 0 Å². The number of hydrogen-bond donors (Lipinski definition) is 1. The average Bonchev–Trinajstić information content (AvgIpc) is 2.62. The third-order valence-corrected chi connectivity index (χ3v) is 4.28. The molecule has 0 spiro atoms. The van der Waals surface area contributed by atoms with E-state index < -0.39 is 11.7 Å².